The van der Waals surface area contributed by atoms with Gasteiger partial charge in [0.2, 0.25) is 5.91 Å². The highest BCUT2D eigenvalue weighted by Gasteiger charge is 2.50. The Labute approximate surface area is 200 Å². The summed E-state index contributed by atoms with van der Waals surface area (Å²) >= 11 is 0. The van der Waals surface area contributed by atoms with Crippen molar-refractivity contribution in [3.8, 4) is 0 Å². The molecule has 2 heterocycles. The summed E-state index contributed by atoms with van der Waals surface area (Å²) in [5.41, 5.74) is 5.14. The molecule has 10 heteroatoms. The number of carbonyl (C=O) groups is 5. The number of carbonyl (C=O) groups excluding carboxylic acids is 5. The molecular formula is C25H24FN3O6. The molecule has 4 rings (SSSR count). The number of hydrogen-bond donors (Lipinski definition) is 1. The number of nitrogens with two attached hydrogens (primary N) is 1. The van der Waals surface area contributed by atoms with Crippen LogP contribution in [0.4, 0.5) is 4.39 Å². The highest BCUT2D eigenvalue weighted by Crippen LogP contribution is 2.35. The van der Waals surface area contributed by atoms with Gasteiger partial charge in [0.25, 0.3) is 17.7 Å². The molecule has 35 heavy (non-hydrogen) atoms. The van der Waals surface area contributed by atoms with E-state index in [0.717, 1.165) is 17.0 Å². The Balaban J connectivity index is 1.61. The summed E-state index contributed by atoms with van der Waals surface area (Å²) in [6.45, 7) is 2.89. The van der Waals surface area contributed by atoms with Gasteiger partial charge in [-0.1, -0.05) is 38.1 Å². The van der Waals surface area contributed by atoms with E-state index in [1.807, 2.05) is 0 Å². The fourth-order valence-electron chi connectivity index (χ4n) is 4.48. The van der Waals surface area contributed by atoms with E-state index in [2.05, 4.69) is 0 Å². The van der Waals surface area contributed by atoms with Gasteiger partial charge in [0.15, 0.2) is 6.10 Å². The van der Waals surface area contributed by atoms with Crippen LogP contribution in [0.3, 0.4) is 0 Å². The van der Waals surface area contributed by atoms with Gasteiger partial charge in [-0.15, -0.1) is 0 Å². The number of nitrogens with zero attached hydrogens (tertiary/aromatic N) is 2. The van der Waals surface area contributed by atoms with Crippen molar-refractivity contribution < 1.29 is 33.1 Å². The Morgan fingerprint density at radius 3 is 2.17 bits per heavy atom. The fourth-order valence-corrected chi connectivity index (χ4v) is 4.48. The third kappa shape index (κ3) is 4.51. The second kappa shape index (κ2) is 8.94. The van der Waals surface area contributed by atoms with Gasteiger partial charge >= 0.3 is 5.97 Å². The maximum absolute atomic E-state index is 13.6. The van der Waals surface area contributed by atoms with Crippen molar-refractivity contribution in [3.63, 3.8) is 0 Å². The monoisotopic (exact) mass is 481 g/mol. The molecule has 1 saturated heterocycles. The van der Waals surface area contributed by atoms with E-state index in [-0.39, 0.29) is 30.8 Å². The third-order valence-electron chi connectivity index (χ3n) is 6.23. The molecule has 1 fully saturated rings. The average Bonchev–Trinajstić information content (AvgIpc) is 3.16. The van der Waals surface area contributed by atoms with Crippen LogP contribution in [-0.2, 0) is 19.1 Å². The first kappa shape index (κ1) is 24.1. The van der Waals surface area contributed by atoms with Crippen LogP contribution in [0.1, 0.15) is 46.0 Å². The van der Waals surface area contributed by atoms with E-state index < -0.39 is 52.9 Å². The molecular weight excluding hydrogens is 457 g/mol. The largest absolute Gasteiger partial charge is 0.451 e. The number of likely N-dealkylation sites (tertiary alicyclic amines) is 1. The third-order valence-corrected chi connectivity index (χ3v) is 6.23. The average molecular weight is 481 g/mol. The molecule has 9 nitrogen and oxygen atoms in total. The van der Waals surface area contributed by atoms with Crippen LogP contribution < -0.4 is 5.73 Å². The Hall–Kier alpha value is -4.08. The number of amides is 4. The Bertz CT molecular complexity index is 1190. The van der Waals surface area contributed by atoms with Gasteiger partial charge in [0.1, 0.15) is 11.7 Å². The number of halogens is 1. The number of ether oxygens (including phenoxy) is 1. The van der Waals surface area contributed by atoms with Crippen LogP contribution in [0.15, 0.2) is 48.5 Å². The lowest BCUT2D eigenvalue weighted by molar-refractivity contribution is -0.161. The Morgan fingerprint density at radius 2 is 1.63 bits per heavy atom. The molecule has 0 aromatic heterocycles. The van der Waals surface area contributed by atoms with Crippen molar-refractivity contribution in [1.29, 1.82) is 0 Å². The molecule has 2 aliphatic rings. The van der Waals surface area contributed by atoms with E-state index in [1.54, 1.807) is 26.0 Å². The van der Waals surface area contributed by atoms with E-state index >= 15 is 0 Å². The van der Waals surface area contributed by atoms with Gasteiger partial charge in [-0.25, -0.2) is 4.39 Å². The van der Waals surface area contributed by atoms with E-state index in [9.17, 15) is 28.4 Å². The summed E-state index contributed by atoms with van der Waals surface area (Å²) in [6.07, 6.45) is -1.21. The van der Waals surface area contributed by atoms with Gasteiger partial charge in [-0.05, 0) is 29.8 Å². The summed E-state index contributed by atoms with van der Waals surface area (Å²) in [5.74, 6) is -4.95. The second-order valence-electron chi connectivity index (χ2n) is 9.34. The Morgan fingerprint density at radius 1 is 1.06 bits per heavy atom. The van der Waals surface area contributed by atoms with Gasteiger partial charge in [-0.2, -0.15) is 0 Å². The highest BCUT2D eigenvalue weighted by molar-refractivity contribution is 6.21. The van der Waals surface area contributed by atoms with Crippen molar-refractivity contribution >= 4 is 29.6 Å². The van der Waals surface area contributed by atoms with Crippen LogP contribution in [-0.4, -0.2) is 65.1 Å². The summed E-state index contributed by atoms with van der Waals surface area (Å²) in [5, 5.41) is 0. The molecule has 2 aromatic carbocycles. The van der Waals surface area contributed by atoms with Crippen LogP contribution in [0.2, 0.25) is 0 Å². The lowest BCUT2D eigenvalue weighted by Gasteiger charge is -2.27. The molecule has 0 spiro atoms. The first-order chi connectivity index (χ1) is 16.5. The van der Waals surface area contributed by atoms with Crippen molar-refractivity contribution in [2.45, 2.75) is 25.9 Å². The summed E-state index contributed by atoms with van der Waals surface area (Å²) in [6, 6.07) is 11.3. The molecule has 182 valence electrons. The maximum atomic E-state index is 13.6. The number of primary amides is 1. The molecule has 0 unspecified atom stereocenters. The zero-order chi connectivity index (χ0) is 25.5. The Kier molecular flexibility index (Phi) is 6.14. The minimum Gasteiger partial charge on any atom is -0.451 e. The second-order valence-corrected chi connectivity index (χ2v) is 9.34. The summed E-state index contributed by atoms with van der Waals surface area (Å²) < 4.78 is 19.2. The minimum atomic E-state index is -1.21. The van der Waals surface area contributed by atoms with Crippen LogP contribution in [0.5, 0.6) is 0 Å². The molecule has 2 aliphatic heterocycles. The fraction of sp³-hybridized carbons (Fsp3) is 0.320. The van der Waals surface area contributed by atoms with Crippen LogP contribution in [0, 0.1) is 11.2 Å². The van der Waals surface area contributed by atoms with E-state index in [0.29, 0.717) is 5.56 Å². The maximum Gasteiger partial charge on any atom is 0.316 e. The molecule has 2 atom stereocenters. The number of benzene rings is 2. The van der Waals surface area contributed by atoms with Crippen molar-refractivity contribution in [2.75, 3.05) is 19.6 Å². The predicted octanol–water partition coefficient (Wildman–Crippen LogP) is 1.47. The number of fused-ring (bicyclic) bond motifs is 1. The zero-order valence-corrected chi connectivity index (χ0v) is 19.2. The number of rotatable bonds is 7. The molecule has 0 saturated carbocycles. The first-order valence-corrected chi connectivity index (χ1v) is 11.0. The molecule has 2 N–H and O–H groups in total. The smallest absolute Gasteiger partial charge is 0.316 e. The standard InChI is InChI=1S/C25H24FN3O6/c1-25(2)13-28(12-19(27)30)23(33)20(25)35-24(34)18(14-7-9-15(26)10-8-14)11-29-21(31)16-5-3-4-6-17(16)22(29)32/h3-10,18,20H,11-13H2,1-2H3,(H2,27,30)/t18-,20+/m0/s1. The number of hydrogen-bond acceptors (Lipinski definition) is 6. The van der Waals surface area contributed by atoms with Gasteiger partial charge in [-0.3, -0.25) is 28.9 Å². The van der Waals surface area contributed by atoms with E-state index in [1.165, 1.54) is 29.2 Å². The van der Waals surface area contributed by atoms with Crippen LogP contribution >= 0.6 is 0 Å². The van der Waals surface area contributed by atoms with Gasteiger partial charge < -0.3 is 15.4 Å². The number of esters is 1. The van der Waals surface area contributed by atoms with Crippen LogP contribution in [0.25, 0.3) is 0 Å². The van der Waals surface area contributed by atoms with Crippen molar-refractivity contribution in [2.24, 2.45) is 11.1 Å². The highest BCUT2D eigenvalue weighted by atomic mass is 19.1. The number of imide groups is 1. The first-order valence-electron chi connectivity index (χ1n) is 11.0. The topological polar surface area (TPSA) is 127 Å². The van der Waals surface area contributed by atoms with Gasteiger partial charge in [0.05, 0.1) is 17.7 Å². The molecule has 0 bridgehead atoms. The normalized spacial score (nSPS) is 19.6. The SMILES string of the molecule is CC1(C)CN(CC(N)=O)C(=O)[C@H]1OC(=O)[C@@H](CN1C(=O)c2ccccc2C1=O)c1ccc(F)cc1. The summed E-state index contributed by atoms with van der Waals surface area (Å²) in [4.78, 5) is 65.5. The molecule has 4 amide bonds. The lowest BCUT2D eigenvalue weighted by atomic mass is 9.89. The molecule has 0 radical (unpaired) electrons. The summed E-state index contributed by atoms with van der Waals surface area (Å²) in [7, 11) is 0. The van der Waals surface area contributed by atoms with Crippen molar-refractivity contribution in [3.05, 3.63) is 71.0 Å². The van der Waals surface area contributed by atoms with Crippen molar-refractivity contribution in [1.82, 2.24) is 9.80 Å². The molecule has 2 aromatic rings. The molecule has 0 aliphatic carbocycles. The lowest BCUT2D eigenvalue weighted by Crippen LogP contribution is -2.41. The zero-order valence-electron chi connectivity index (χ0n) is 19.2. The quantitative estimate of drug-likeness (QED) is 0.471. The van der Waals surface area contributed by atoms with E-state index in [4.69, 9.17) is 10.5 Å². The predicted molar refractivity (Wildman–Crippen MR) is 120 cm³/mol. The minimum absolute atomic E-state index is 0.145. The van der Waals surface area contributed by atoms with Gasteiger partial charge in [0, 0.05) is 18.5 Å².